The molecule has 2 aliphatic heterocycles. The Morgan fingerprint density at radius 2 is 2.25 bits per heavy atom. The highest BCUT2D eigenvalue weighted by molar-refractivity contribution is 7.99. The van der Waals surface area contributed by atoms with Gasteiger partial charge in [-0.3, -0.25) is 4.79 Å². The number of carbonyl (C=O) groups excluding carboxylic acids is 1. The zero-order chi connectivity index (χ0) is 11.4. The topological polar surface area (TPSA) is 41.1 Å². The van der Waals surface area contributed by atoms with E-state index in [-0.39, 0.29) is 11.8 Å². The predicted molar refractivity (Wildman–Crippen MR) is 68.7 cm³/mol. The van der Waals surface area contributed by atoms with Crippen LogP contribution in [0.25, 0.3) is 0 Å². The van der Waals surface area contributed by atoms with Crippen LogP contribution in [-0.2, 0) is 4.79 Å². The molecule has 2 fully saturated rings. The number of thioether (sulfide) groups is 1. The molecule has 92 valence electrons. The molecule has 0 saturated carbocycles. The van der Waals surface area contributed by atoms with Crippen LogP contribution in [0.5, 0.6) is 0 Å². The number of amides is 1. The third kappa shape index (κ3) is 3.14. The first-order valence-corrected chi connectivity index (χ1v) is 7.41. The van der Waals surface area contributed by atoms with Gasteiger partial charge in [-0.1, -0.05) is 6.92 Å². The molecule has 0 aromatic carbocycles. The van der Waals surface area contributed by atoms with Crippen LogP contribution in [0.2, 0.25) is 0 Å². The van der Waals surface area contributed by atoms with Crippen LogP contribution in [0, 0.1) is 11.3 Å². The average Bonchev–Trinajstić information content (AvgIpc) is 2.80. The highest BCUT2D eigenvalue weighted by atomic mass is 32.2. The standard InChI is InChI=1S/C12H22N2OS/c1-12(3-5-13-6-4-12)9-14-11(15)10-2-7-16-8-10/h10,13H,2-9H2,1H3,(H,14,15). The van der Waals surface area contributed by atoms with Crippen LogP contribution in [0.15, 0.2) is 0 Å². The molecular weight excluding hydrogens is 220 g/mol. The summed E-state index contributed by atoms with van der Waals surface area (Å²) in [6.45, 7) is 5.32. The largest absolute Gasteiger partial charge is 0.355 e. The Morgan fingerprint density at radius 1 is 1.50 bits per heavy atom. The number of carbonyl (C=O) groups is 1. The lowest BCUT2D eigenvalue weighted by atomic mass is 9.81. The second kappa shape index (κ2) is 5.41. The molecule has 0 radical (unpaired) electrons. The Hall–Kier alpha value is -0.220. The molecule has 0 aromatic rings. The fourth-order valence-electron chi connectivity index (χ4n) is 2.39. The second-order valence-electron chi connectivity index (χ2n) is 5.34. The number of hydrogen-bond donors (Lipinski definition) is 2. The molecule has 16 heavy (non-hydrogen) atoms. The SMILES string of the molecule is CC1(CNC(=O)C2CCSC2)CCNCC1. The lowest BCUT2D eigenvalue weighted by molar-refractivity contribution is -0.124. The van der Waals surface area contributed by atoms with E-state index in [0.29, 0.717) is 5.41 Å². The van der Waals surface area contributed by atoms with E-state index in [4.69, 9.17) is 0 Å². The number of rotatable bonds is 3. The van der Waals surface area contributed by atoms with Gasteiger partial charge in [0.15, 0.2) is 0 Å². The van der Waals surface area contributed by atoms with Crippen molar-refractivity contribution >= 4 is 17.7 Å². The van der Waals surface area contributed by atoms with Gasteiger partial charge >= 0.3 is 0 Å². The minimum absolute atomic E-state index is 0.273. The van der Waals surface area contributed by atoms with Crippen LogP contribution >= 0.6 is 11.8 Å². The summed E-state index contributed by atoms with van der Waals surface area (Å²) in [5.74, 6) is 2.73. The number of piperidine rings is 1. The van der Waals surface area contributed by atoms with Gasteiger partial charge in [0.1, 0.15) is 0 Å². The maximum atomic E-state index is 11.9. The van der Waals surface area contributed by atoms with E-state index < -0.39 is 0 Å². The molecule has 0 bridgehead atoms. The minimum atomic E-state index is 0.273. The first kappa shape index (κ1) is 12.2. The summed E-state index contributed by atoms with van der Waals surface area (Å²) in [6.07, 6.45) is 3.41. The molecule has 0 spiro atoms. The van der Waals surface area contributed by atoms with Gasteiger partial charge in [-0.2, -0.15) is 11.8 Å². The highest BCUT2D eigenvalue weighted by Crippen LogP contribution is 2.28. The molecule has 2 heterocycles. The molecule has 1 atom stereocenters. The zero-order valence-electron chi connectivity index (χ0n) is 10.1. The smallest absolute Gasteiger partial charge is 0.223 e. The third-order valence-electron chi connectivity index (χ3n) is 3.80. The fraction of sp³-hybridized carbons (Fsp3) is 0.917. The Balaban J connectivity index is 1.75. The highest BCUT2D eigenvalue weighted by Gasteiger charge is 2.29. The van der Waals surface area contributed by atoms with E-state index in [1.54, 1.807) is 0 Å². The quantitative estimate of drug-likeness (QED) is 0.782. The fourth-order valence-corrected chi connectivity index (χ4v) is 3.61. The van der Waals surface area contributed by atoms with Gasteiger partial charge in [-0.25, -0.2) is 0 Å². The molecule has 2 rings (SSSR count). The normalized spacial score (nSPS) is 28.9. The molecule has 4 heteroatoms. The monoisotopic (exact) mass is 242 g/mol. The van der Waals surface area contributed by atoms with Gasteiger partial charge in [0.25, 0.3) is 0 Å². The van der Waals surface area contributed by atoms with E-state index in [1.165, 1.54) is 12.8 Å². The maximum Gasteiger partial charge on any atom is 0.223 e. The summed E-state index contributed by atoms with van der Waals surface area (Å²) in [7, 11) is 0. The van der Waals surface area contributed by atoms with Crippen LogP contribution < -0.4 is 10.6 Å². The Bertz CT molecular complexity index is 245. The number of hydrogen-bond acceptors (Lipinski definition) is 3. The van der Waals surface area contributed by atoms with Crippen molar-refractivity contribution in [1.82, 2.24) is 10.6 Å². The molecule has 2 saturated heterocycles. The van der Waals surface area contributed by atoms with Crippen LogP contribution in [0.3, 0.4) is 0 Å². The van der Waals surface area contributed by atoms with Gasteiger partial charge in [0.05, 0.1) is 0 Å². The van der Waals surface area contributed by atoms with Crippen molar-refractivity contribution in [2.24, 2.45) is 11.3 Å². The third-order valence-corrected chi connectivity index (χ3v) is 4.96. The molecule has 3 nitrogen and oxygen atoms in total. The van der Waals surface area contributed by atoms with Gasteiger partial charge < -0.3 is 10.6 Å². The lowest BCUT2D eigenvalue weighted by Gasteiger charge is -2.34. The van der Waals surface area contributed by atoms with E-state index in [1.807, 2.05) is 11.8 Å². The Morgan fingerprint density at radius 3 is 2.88 bits per heavy atom. The van der Waals surface area contributed by atoms with Crippen molar-refractivity contribution < 1.29 is 4.79 Å². The van der Waals surface area contributed by atoms with Crippen molar-refractivity contribution in [2.45, 2.75) is 26.2 Å². The van der Waals surface area contributed by atoms with Crippen molar-refractivity contribution in [3.8, 4) is 0 Å². The molecule has 2 N–H and O–H groups in total. The molecule has 0 aliphatic carbocycles. The summed E-state index contributed by atoms with van der Waals surface area (Å²) in [6, 6.07) is 0. The van der Waals surface area contributed by atoms with E-state index in [9.17, 15) is 4.79 Å². The first-order chi connectivity index (χ1) is 7.70. The molecular formula is C12H22N2OS. The van der Waals surface area contributed by atoms with E-state index >= 15 is 0 Å². The predicted octanol–water partition coefficient (Wildman–Crippen LogP) is 1.25. The molecule has 1 unspecified atom stereocenters. The van der Waals surface area contributed by atoms with Gasteiger partial charge in [-0.05, 0) is 43.5 Å². The van der Waals surface area contributed by atoms with Crippen molar-refractivity contribution in [3.05, 3.63) is 0 Å². The van der Waals surface area contributed by atoms with Crippen LogP contribution in [-0.4, -0.2) is 37.0 Å². The van der Waals surface area contributed by atoms with E-state index in [2.05, 4.69) is 17.6 Å². The van der Waals surface area contributed by atoms with Gasteiger partial charge in [0.2, 0.25) is 5.91 Å². The van der Waals surface area contributed by atoms with E-state index in [0.717, 1.165) is 37.6 Å². The summed E-state index contributed by atoms with van der Waals surface area (Å²) in [5.41, 5.74) is 0.312. The second-order valence-corrected chi connectivity index (χ2v) is 6.49. The molecule has 1 amide bonds. The summed E-state index contributed by atoms with van der Waals surface area (Å²) in [5, 5.41) is 6.52. The summed E-state index contributed by atoms with van der Waals surface area (Å²) < 4.78 is 0. The molecule has 0 aromatic heterocycles. The van der Waals surface area contributed by atoms with Crippen molar-refractivity contribution in [3.63, 3.8) is 0 Å². The minimum Gasteiger partial charge on any atom is -0.355 e. The maximum absolute atomic E-state index is 11.9. The summed E-state index contributed by atoms with van der Waals surface area (Å²) >= 11 is 1.90. The van der Waals surface area contributed by atoms with Gasteiger partial charge in [-0.15, -0.1) is 0 Å². The van der Waals surface area contributed by atoms with Crippen molar-refractivity contribution in [1.29, 1.82) is 0 Å². The Labute approximate surface area is 102 Å². The van der Waals surface area contributed by atoms with Crippen LogP contribution in [0.4, 0.5) is 0 Å². The number of nitrogens with one attached hydrogen (secondary N) is 2. The first-order valence-electron chi connectivity index (χ1n) is 6.26. The Kier molecular flexibility index (Phi) is 4.14. The summed E-state index contributed by atoms with van der Waals surface area (Å²) in [4.78, 5) is 11.9. The van der Waals surface area contributed by atoms with Crippen molar-refractivity contribution in [2.75, 3.05) is 31.1 Å². The zero-order valence-corrected chi connectivity index (χ0v) is 10.9. The average molecular weight is 242 g/mol. The molecule has 2 aliphatic rings. The van der Waals surface area contributed by atoms with Gasteiger partial charge in [0, 0.05) is 18.2 Å². The lowest BCUT2D eigenvalue weighted by Crippen LogP contribution is -2.44. The van der Waals surface area contributed by atoms with Crippen LogP contribution in [0.1, 0.15) is 26.2 Å².